The average Bonchev–Trinajstić information content (AvgIpc) is 2.41. The van der Waals surface area contributed by atoms with E-state index in [0.29, 0.717) is 0 Å². The van der Waals surface area contributed by atoms with Crippen LogP contribution in [0.4, 0.5) is 0 Å². The number of hydrogen-bond donors (Lipinski definition) is 1. The van der Waals surface area contributed by atoms with Crippen molar-refractivity contribution in [2.45, 2.75) is 44.5 Å². The Morgan fingerprint density at radius 1 is 1.44 bits per heavy atom. The minimum absolute atomic E-state index is 0.00780. The van der Waals surface area contributed by atoms with Crippen molar-refractivity contribution in [3.63, 3.8) is 0 Å². The summed E-state index contributed by atoms with van der Waals surface area (Å²) in [6.45, 7) is -0.287. The molecule has 1 aromatic heterocycles. The fourth-order valence-electron chi connectivity index (χ4n) is 2.21. The second-order valence-corrected chi connectivity index (χ2v) is 4.50. The van der Waals surface area contributed by atoms with Gasteiger partial charge in [-0.3, -0.25) is 4.79 Å². The van der Waals surface area contributed by atoms with E-state index in [1.807, 2.05) is 0 Å². The summed E-state index contributed by atoms with van der Waals surface area (Å²) in [7, 11) is 1.69. The smallest absolute Gasteiger partial charge is 0.227 e. The third-order valence-corrected chi connectivity index (χ3v) is 3.21. The lowest BCUT2D eigenvalue weighted by molar-refractivity contribution is 0.0198. The molecule has 0 bridgehead atoms. The van der Waals surface area contributed by atoms with Gasteiger partial charge in [-0.05, 0) is 19.3 Å². The first-order chi connectivity index (χ1) is 8.72. The first-order valence-electron chi connectivity index (χ1n) is 6.15. The standard InChI is InChI=1S/C13H18O5/c1-16-9-3-2-4-10(5-9)18-13-8-17-11(7-14)6-12(13)15/h6,8-10,14H,2-5,7H2,1H3. The Morgan fingerprint density at radius 2 is 2.22 bits per heavy atom. The van der Waals surface area contributed by atoms with E-state index in [2.05, 4.69) is 0 Å². The Bertz CT molecular complexity index is 439. The Kier molecular flexibility index (Phi) is 4.38. The molecule has 0 saturated heterocycles. The molecule has 1 aromatic rings. The molecule has 0 amide bonds. The molecule has 0 aliphatic heterocycles. The molecule has 18 heavy (non-hydrogen) atoms. The summed E-state index contributed by atoms with van der Waals surface area (Å²) >= 11 is 0. The fourth-order valence-corrected chi connectivity index (χ4v) is 2.21. The van der Waals surface area contributed by atoms with Crippen LogP contribution in [0.3, 0.4) is 0 Å². The summed E-state index contributed by atoms with van der Waals surface area (Å²) in [5.74, 6) is 0.444. The quantitative estimate of drug-likeness (QED) is 0.881. The summed E-state index contributed by atoms with van der Waals surface area (Å²) in [6.07, 6.45) is 5.24. The molecule has 5 heteroatoms. The third kappa shape index (κ3) is 3.11. The highest BCUT2D eigenvalue weighted by molar-refractivity contribution is 5.17. The van der Waals surface area contributed by atoms with Gasteiger partial charge >= 0.3 is 0 Å². The molecule has 5 nitrogen and oxygen atoms in total. The van der Waals surface area contributed by atoms with Gasteiger partial charge in [0.15, 0.2) is 0 Å². The van der Waals surface area contributed by atoms with E-state index in [0.717, 1.165) is 25.7 Å². The lowest BCUT2D eigenvalue weighted by Crippen LogP contribution is -2.30. The van der Waals surface area contributed by atoms with E-state index in [9.17, 15) is 4.79 Å². The van der Waals surface area contributed by atoms with Gasteiger partial charge in [0.2, 0.25) is 11.2 Å². The summed E-state index contributed by atoms with van der Waals surface area (Å²) in [5, 5.41) is 8.85. The van der Waals surface area contributed by atoms with E-state index >= 15 is 0 Å². The topological polar surface area (TPSA) is 68.9 Å². The van der Waals surface area contributed by atoms with Gasteiger partial charge in [-0.15, -0.1) is 0 Å². The molecule has 2 atom stereocenters. The molecular weight excluding hydrogens is 236 g/mol. The Balaban J connectivity index is 2.02. The Morgan fingerprint density at radius 3 is 2.89 bits per heavy atom. The van der Waals surface area contributed by atoms with E-state index < -0.39 is 0 Å². The molecule has 2 rings (SSSR count). The second kappa shape index (κ2) is 6.02. The number of aliphatic hydroxyl groups excluding tert-OH is 1. The van der Waals surface area contributed by atoms with Gasteiger partial charge in [0.05, 0.1) is 6.10 Å². The molecule has 2 unspecified atom stereocenters. The fraction of sp³-hybridized carbons (Fsp3) is 0.615. The number of rotatable bonds is 4. The molecule has 1 heterocycles. The summed E-state index contributed by atoms with van der Waals surface area (Å²) in [5.41, 5.74) is -0.259. The van der Waals surface area contributed by atoms with Crippen molar-refractivity contribution >= 4 is 0 Å². The van der Waals surface area contributed by atoms with Crippen molar-refractivity contribution in [1.82, 2.24) is 0 Å². The maximum Gasteiger partial charge on any atom is 0.227 e. The van der Waals surface area contributed by atoms with Gasteiger partial charge in [0.1, 0.15) is 24.7 Å². The second-order valence-electron chi connectivity index (χ2n) is 4.50. The first kappa shape index (κ1) is 13.1. The average molecular weight is 254 g/mol. The van der Waals surface area contributed by atoms with Crippen LogP contribution in [0.5, 0.6) is 5.75 Å². The van der Waals surface area contributed by atoms with Crippen LogP contribution in [-0.4, -0.2) is 24.4 Å². The molecule has 1 N–H and O–H groups in total. The lowest BCUT2D eigenvalue weighted by atomic mass is 9.95. The van der Waals surface area contributed by atoms with Crippen molar-refractivity contribution in [2.24, 2.45) is 0 Å². The summed E-state index contributed by atoms with van der Waals surface area (Å²) < 4.78 is 16.0. The van der Waals surface area contributed by atoms with Crippen molar-refractivity contribution < 1.29 is 19.0 Å². The molecular formula is C13H18O5. The number of methoxy groups -OCH3 is 1. The van der Waals surface area contributed by atoms with Crippen molar-refractivity contribution in [3.8, 4) is 5.75 Å². The Labute approximate surface area is 105 Å². The summed E-state index contributed by atoms with van der Waals surface area (Å²) in [4.78, 5) is 11.7. The van der Waals surface area contributed by atoms with Crippen molar-refractivity contribution in [1.29, 1.82) is 0 Å². The predicted octanol–water partition coefficient (Wildman–Crippen LogP) is 1.47. The van der Waals surface area contributed by atoms with Crippen LogP contribution in [0.1, 0.15) is 31.4 Å². The number of ether oxygens (including phenoxy) is 2. The van der Waals surface area contributed by atoms with Gasteiger partial charge in [-0.1, -0.05) is 0 Å². The van der Waals surface area contributed by atoms with E-state index in [4.69, 9.17) is 19.0 Å². The minimum atomic E-state index is -0.287. The van der Waals surface area contributed by atoms with Crippen molar-refractivity contribution in [2.75, 3.05) is 7.11 Å². The van der Waals surface area contributed by atoms with Gasteiger partial charge in [-0.25, -0.2) is 0 Å². The molecule has 0 aromatic carbocycles. The van der Waals surface area contributed by atoms with Crippen LogP contribution < -0.4 is 10.2 Å². The SMILES string of the molecule is COC1CCCC(Oc2coc(CO)cc2=O)C1. The largest absolute Gasteiger partial charge is 0.483 e. The zero-order chi connectivity index (χ0) is 13.0. The van der Waals surface area contributed by atoms with Gasteiger partial charge in [-0.2, -0.15) is 0 Å². The maximum atomic E-state index is 11.7. The van der Waals surface area contributed by atoms with Gasteiger partial charge in [0.25, 0.3) is 0 Å². The molecule has 100 valence electrons. The van der Waals surface area contributed by atoms with E-state index in [1.165, 1.54) is 12.3 Å². The maximum absolute atomic E-state index is 11.7. The molecule has 0 spiro atoms. The number of aliphatic hydroxyl groups is 1. The van der Waals surface area contributed by atoms with Gasteiger partial charge in [0, 0.05) is 19.6 Å². The highest BCUT2D eigenvalue weighted by Gasteiger charge is 2.23. The highest BCUT2D eigenvalue weighted by atomic mass is 16.5. The first-order valence-corrected chi connectivity index (χ1v) is 6.15. The number of hydrogen-bond acceptors (Lipinski definition) is 5. The normalized spacial score (nSPS) is 23.9. The molecule has 0 radical (unpaired) electrons. The van der Waals surface area contributed by atoms with Crippen LogP contribution in [0.2, 0.25) is 0 Å². The molecule has 1 saturated carbocycles. The zero-order valence-corrected chi connectivity index (χ0v) is 10.4. The molecule has 1 aliphatic carbocycles. The molecule has 1 aliphatic rings. The van der Waals surface area contributed by atoms with E-state index in [-0.39, 0.29) is 35.8 Å². The van der Waals surface area contributed by atoms with Crippen LogP contribution in [0.25, 0.3) is 0 Å². The van der Waals surface area contributed by atoms with Crippen LogP contribution >= 0.6 is 0 Å². The molecule has 1 fully saturated rings. The van der Waals surface area contributed by atoms with Crippen LogP contribution in [0, 0.1) is 0 Å². The van der Waals surface area contributed by atoms with Crippen molar-refractivity contribution in [3.05, 3.63) is 28.3 Å². The third-order valence-electron chi connectivity index (χ3n) is 3.21. The lowest BCUT2D eigenvalue weighted by Gasteiger charge is -2.28. The monoisotopic (exact) mass is 254 g/mol. The Hall–Kier alpha value is -1.33. The zero-order valence-electron chi connectivity index (χ0n) is 10.4. The van der Waals surface area contributed by atoms with E-state index in [1.54, 1.807) is 7.11 Å². The highest BCUT2D eigenvalue weighted by Crippen LogP contribution is 2.24. The van der Waals surface area contributed by atoms with Crippen LogP contribution in [0.15, 0.2) is 21.5 Å². The predicted molar refractivity (Wildman–Crippen MR) is 64.6 cm³/mol. The summed E-state index contributed by atoms with van der Waals surface area (Å²) in [6, 6.07) is 1.26. The minimum Gasteiger partial charge on any atom is -0.483 e. The van der Waals surface area contributed by atoms with Gasteiger partial charge < -0.3 is 19.0 Å². The van der Waals surface area contributed by atoms with Crippen LogP contribution in [-0.2, 0) is 11.3 Å².